The van der Waals surface area contributed by atoms with Gasteiger partial charge in [-0.05, 0) is 17.5 Å². The highest BCUT2D eigenvalue weighted by molar-refractivity contribution is 9.08. The first-order valence-corrected chi connectivity index (χ1v) is 6.16. The van der Waals surface area contributed by atoms with Crippen LogP contribution in [0, 0.1) is 0 Å². The summed E-state index contributed by atoms with van der Waals surface area (Å²) < 4.78 is 1.18. The Balaban J connectivity index is 2.76. The molecule has 1 heterocycles. The van der Waals surface area contributed by atoms with Gasteiger partial charge >= 0.3 is 0 Å². The number of anilines is 1. The van der Waals surface area contributed by atoms with Gasteiger partial charge in [0.2, 0.25) is 0 Å². The van der Waals surface area contributed by atoms with Gasteiger partial charge in [0.25, 0.3) is 0 Å². The number of thiophene rings is 1. The molecule has 1 aromatic carbocycles. The fourth-order valence-electron chi connectivity index (χ4n) is 1.22. The van der Waals surface area contributed by atoms with Gasteiger partial charge in [0.1, 0.15) is 0 Å². The minimum Gasteiger partial charge on any atom is -0.398 e. The summed E-state index contributed by atoms with van der Waals surface area (Å²) in [4.78, 5) is 2.20. The molecule has 0 saturated carbocycles. The van der Waals surface area contributed by atoms with Crippen LogP contribution in [-0.4, -0.2) is 0 Å². The average Bonchev–Trinajstić information content (AvgIpc) is 2.55. The highest BCUT2D eigenvalue weighted by Crippen LogP contribution is 2.34. The van der Waals surface area contributed by atoms with Gasteiger partial charge in [0.05, 0.1) is 0 Å². The van der Waals surface area contributed by atoms with Crippen molar-refractivity contribution < 1.29 is 0 Å². The molecule has 68 valence electrons. The molecule has 2 aromatic rings. The lowest BCUT2D eigenvalue weighted by atomic mass is 10.2. The summed E-state index contributed by atoms with van der Waals surface area (Å²) in [6.07, 6.45) is 0. The van der Waals surface area contributed by atoms with Gasteiger partial charge in [0, 0.05) is 25.5 Å². The number of hydrogen-bond donors (Lipinski definition) is 2. The normalized spacial score (nSPS) is 10.9. The molecule has 1 nitrogen and oxygen atoms in total. The second-order valence-corrected chi connectivity index (χ2v) is 4.91. The molecule has 0 radical (unpaired) electrons. The maximum Gasteiger partial charge on any atom is 0.0500 e. The maximum absolute atomic E-state index is 5.76. The Bertz CT molecular complexity index is 450. The van der Waals surface area contributed by atoms with E-state index in [0.717, 1.165) is 15.9 Å². The van der Waals surface area contributed by atoms with Crippen molar-refractivity contribution in [3.8, 4) is 0 Å². The fraction of sp³-hybridized carbons (Fsp3) is 0.111. The predicted octanol–water partition coefficient (Wildman–Crippen LogP) is 3.67. The van der Waals surface area contributed by atoms with E-state index in [4.69, 9.17) is 5.73 Å². The van der Waals surface area contributed by atoms with Gasteiger partial charge in [-0.15, -0.1) is 24.0 Å². The monoisotopic (exact) mass is 273 g/mol. The van der Waals surface area contributed by atoms with Crippen LogP contribution in [0.1, 0.15) is 4.88 Å². The molecule has 2 rings (SSSR count). The predicted molar refractivity (Wildman–Crippen MR) is 66.1 cm³/mol. The van der Waals surface area contributed by atoms with Crippen molar-refractivity contribution in [1.82, 2.24) is 0 Å². The Morgan fingerprint density at radius 3 is 2.92 bits per heavy atom. The van der Waals surface area contributed by atoms with E-state index in [1.807, 2.05) is 12.1 Å². The van der Waals surface area contributed by atoms with Gasteiger partial charge in [0.15, 0.2) is 0 Å². The lowest BCUT2D eigenvalue weighted by Crippen LogP contribution is -1.84. The van der Waals surface area contributed by atoms with E-state index < -0.39 is 0 Å². The molecule has 0 saturated heterocycles. The maximum atomic E-state index is 5.76. The van der Waals surface area contributed by atoms with E-state index in [0.29, 0.717) is 0 Å². The van der Waals surface area contributed by atoms with Crippen molar-refractivity contribution >= 4 is 55.7 Å². The lowest BCUT2D eigenvalue weighted by molar-refractivity contribution is 1.58. The molecule has 13 heavy (non-hydrogen) atoms. The Labute approximate surface area is 94.5 Å². The third kappa shape index (κ3) is 1.58. The van der Waals surface area contributed by atoms with Crippen LogP contribution >= 0.6 is 39.9 Å². The fourth-order valence-corrected chi connectivity index (χ4v) is 3.03. The van der Waals surface area contributed by atoms with E-state index in [2.05, 4.69) is 34.6 Å². The van der Waals surface area contributed by atoms with Gasteiger partial charge in [-0.3, -0.25) is 0 Å². The summed E-state index contributed by atoms with van der Waals surface area (Å²) in [7, 11) is 0. The van der Waals surface area contributed by atoms with Crippen molar-refractivity contribution in [2.24, 2.45) is 0 Å². The molecule has 0 bridgehead atoms. The molecule has 0 fully saturated rings. The summed E-state index contributed by atoms with van der Waals surface area (Å²) >= 11 is 9.55. The van der Waals surface area contributed by atoms with Crippen LogP contribution in [-0.2, 0) is 5.33 Å². The molecule has 4 heteroatoms. The number of halogens is 1. The van der Waals surface area contributed by atoms with Crippen molar-refractivity contribution in [1.29, 1.82) is 0 Å². The van der Waals surface area contributed by atoms with E-state index in [-0.39, 0.29) is 0 Å². The molecule has 1 aromatic heterocycles. The van der Waals surface area contributed by atoms with Crippen LogP contribution in [0.3, 0.4) is 0 Å². The van der Waals surface area contributed by atoms with Crippen LogP contribution < -0.4 is 5.73 Å². The first kappa shape index (κ1) is 9.37. The van der Waals surface area contributed by atoms with Gasteiger partial charge in [-0.1, -0.05) is 22.0 Å². The van der Waals surface area contributed by atoms with Crippen molar-refractivity contribution in [2.75, 3.05) is 5.73 Å². The SMILES string of the molecule is Nc1ccc2cc(CBr)sc2c1S. The first-order valence-electron chi connectivity index (χ1n) is 3.78. The number of hydrogen-bond acceptors (Lipinski definition) is 3. The van der Waals surface area contributed by atoms with E-state index in [1.54, 1.807) is 11.3 Å². The Hall–Kier alpha value is -0.190. The summed E-state index contributed by atoms with van der Waals surface area (Å²) in [5.41, 5.74) is 6.50. The molecule has 0 aliphatic rings. The van der Waals surface area contributed by atoms with Crippen molar-refractivity contribution in [3.05, 3.63) is 23.1 Å². The van der Waals surface area contributed by atoms with E-state index in [1.165, 1.54) is 15.0 Å². The number of thiol groups is 1. The van der Waals surface area contributed by atoms with Gasteiger partial charge < -0.3 is 5.73 Å². The number of fused-ring (bicyclic) bond motifs is 1. The highest BCUT2D eigenvalue weighted by atomic mass is 79.9. The Morgan fingerprint density at radius 2 is 2.23 bits per heavy atom. The number of alkyl halides is 1. The summed E-state index contributed by atoms with van der Waals surface area (Å²) in [6, 6.07) is 6.09. The smallest absolute Gasteiger partial charge is 0.0500 e. The summed E-state index contributed by atoms with van der Waals surface area (Å²) in [6.45, 7) is 0. The summed E-state index contributed by atoms with van der Waals surface area (Å²) in [5.74, 6) is 0. The Kier molecular flexibility index (Phi) is 2.53. The number of rotatable bonds is 1. The summed E-state index contributed by atoms with van der Waals surface area (Å²) in [5, 5.41) is 2.11. The molecule has 2 N–H and O–H groups in total. The van der Waals surface area contributed by atoms with Crippen LogP contribution in [0.25, 0.3) is 10.1 Å². The lowest BCUT2D eigenvalue weighted by Gasteiger charge is -1.98. The van der Waals surface area contributed by atoms with Crippen molar-refractivity contribution in [2.45, 2.75) is 10.2 Å². The molecule has 0 atom stereocenters. The molecular formula is C9H8BrNS2. The van der Waals surface area contributed by atoms with Crippen LogP contribution in [0.15, 0.2) is 23.1 Å². The Morgan fingerprint density at radius 1 is 1.46 bits per heavy atom. The first-order chi connectivity index (χ1) is 6.22. The number of nitrogens with two attached hydrogens (primary N) is 1. The topological polar surface area (TPSA) is 26.0 Å². The minimum atomic E-state index is 0.749. The molecule has 0 unspecified atom stereocenters. The third-order valence-corrected chi connectivity index (χ3v) is 4.65. The minimum absolute atomic E-state index is 0.749. The highest BCUT2D eigenvalue weighted by Gasteiger charge is 2.05. The molecule has 0 amide bonds. The van der Waals surface area contributed by atoms with Gasteiger partial charge in [-0.2, -0.15) is 0 Å². The van der Waals surface area contributed by atoms with Crippen molar-refractivity contribution in [3.63, 3.8) is 0 Å². The zero-order valence-corrected chi connectivity index (χ0v) is 10.0. The standard InChI is InChI=1S/C9H8BrNS2/c10-4-6-3-5-1-2-7(11)8(12)9(5)13-6/h1-3,12H,4,11H2. The van der Waals surface area contributed by atoms with Crippen LogP contribution in [0.2, 0.25) is 0 Å². The van der Waals surface area contributed by atoms with Crippen LogP contribution in [0.5, 0.6) is 0 Å². The molecule has 0 aliphatic heterocycles. The quantitative estimate of drug-likeness (QED) is 0.463. The van der Waals surface area contributed by atoms with Crippen LogP contribution in [0.4, 0.5) is 5.69 Å². The number of benzene rings is 1. The largest absolute Gasteiger partial charge is 0.398 e. The van der Waals surface area contributed by atoms with E-state index in [9.17, 15) is 0 Å². The number of nitrogen functional groups attached to an aromatic ring is 1. The average molecular weight is 274 g/mol. The zero-order chi connectivity index (χ0) is 9.42. The molecule has 0 spiro atoms. The zero-order valence-electron chi connectivity index (χ0n) is 6.75. The van der Waals surface area contributed by atoms with E-state index >= 15 is 0 Å². The second kappa shape index (κ2) is 3.52. The molecule has 0 aliphatic carbocycles. The second-order valence-electron chi connectivity index (χ2n) is 2.77. The third-order valence-electron chi connectivity index (χ3n) is 1.87. The van der Waals surface area contributed by atoms with Gasteiger partial charge in [-0.25, -0.2) is 0 Å². The molecular weight excluding hydrogens is 266 g/mol.